The molecule has 0 spiro atoms. The van der Waals surface area contributed by atoms with E-state index in [1.165, 1.54) is 18.2 Å². The lowest BCUT2D eigenvalue weighted by Gasteiger charge is -2.21. The fraction of sp³-hybridized carbons (Fsp3) is 0.235. The van der Waals surface area contributed by atoms with Crippen molar-refractivity contribution in [3.63, 3.8) is 0 Å². The lowest BCUT2D eigenvalue weighted by atomic mass is 10.0. The highest BCUT2D eigenvalue weighted by molar-refractivity contribution is 6.39. The number of anilines is 1. The molecule has 120 valence electrons. The van der Waals surface area contributed by atoms with Gasteiger partial charge in [-0.2, -0.15) is 0 Å². The number of amides is 2. The van der Waals surface area contributed by atoms with Gasteiger partial charge in [-0.25, -0.2) is 4.39 Å². The minimum absolute atomic E-state index is 0.0356. The van der Waals surface area contributed by atoms with Gasteiger partial charge in [0, 0.05) is 6.20 Å². The van der Waals surface area contributed by atoms with Crippen LogP contribution in [0.3, 0.4) is 0 Å². The van der Waals surface area contributed by atoms with Gasteiger partial charge in [0.25, 0.3) is 0 Å². The summed E-state index contributed by atoms with van der Waals surface area (Å²) in [5.41, 5.74) is 0.626. The molecule has 2 N–H and O–H groups in total. The normalized spacial score (nSPS) is 11.8. The fourth-order valence-corrected chi connectivity index (χ4v) is 2.09. The van der Waals surface area contributed by atoms with Crippen molar-refractivity contribution in [3.8, 4) is 0 Å². The predicted molar refractivity (Wildman–Crippen MR) is 85.0 cm³/mol. The van der Waals surface area contributed by atoms with E-state index in [1.807, 2.05) is 19.9 Å². The molecular formula is C17H18FN3O2. The third kappa shape index (κ3) is 4.35. The molecule has 0 aliphatic rings. The first-order chi connectivity index (χ1) is 11.0. The molecule has 5 nitrogen and oxygen atoms in total. The van der Waals surface area contributed by atoms with Crippen LogP contribution in [0.2, 0.25) is 0 Å². The van der Waals surface area contributed by atoms with E-state index in [0.29, 0.717) is 5.69 Å². The predicted octanol–water partition coefficient (Wildman–Crippen LogP) is 2.67. The Kier molecular flexibility index (Phi) is 5.41. The number of benzene rings is 1. The van der Waals surface area contributed by atoms with Crippen LogP contribution in [0.5, 0.6) is 0 Å². The monoisotopic (exact) mass is 315 g/mol. The number of aromatic nitrogens is 1. The Morgan fingerprint density at radius 1 is 1.04 bits per heavy atom. The van der Waals surface area contributed by atoms with Gasteiger partial charge >= 0.3 is 11.8 Å². The number of hydrogen-bond acceptors (Lipinski definition) is 3. The molecule has 23 heavy (non-hydrogen) atoms. The molecule has 1 aromatic heterocycles. The number of nitrogens with one attached hydrogen (secondary N) is 2. The Balaban J connectivity index is 2.07. The van der Waals surface area contributed by atoms with Crippen molar-refractivity contribution >= 4 is 17.5 Å². The molecule has 6 heteroatoms. The lowest BCUT2D eigenvalue weighted by molar-refractivity contribution is -0.136. The summed E-state index contributed by atoms with van der Waals surface area (Å²) < 4.78 is 13.5. The van der Waals surface area contributed by atoms with E-state index in [0.717, 1.165) is 0 Å². The molecule has 1 atom stereocenters. The minimum Gasteiger partial charge on any atom is -0.339 e. The topological polar surface area (TPSA) is 71.1 Å². The van der Waals surface area contributed by atoms with Gasteiger partial charge in [0.1, 0.15) is 5.82 Å². The van der Waals surface area contributed by atoms with Gasteiger partial charge < -0.3 is 10.6 Å². The van der Waals surface area contributed by atoms with Crippen LogP contribution in [-0.4, -0.2) is 16.8 Å². The van der Waals surface area contributed by atoms with Crippen LogP contribution in [-0.2, 0) is 9.59 Å². The van der Waals surface area contributed by atoms with E-state index < -0.39 is 23.7 Å². The number of halogens is 1. The first-order valence-corrected chi connectivity index (χ1v) is 7.26. The van der Waals surface area contributed by atoms with Crippen LogP contribution in [0, 0.1) is 11.7 Å². The van der Waals surface area contributed by atoms with Crippen LogP contribution >= 0.6 is 0 Å². The third-order valence-electron chi connectivity index (χ3n) is 3.29. The Morgan fingerprint density at radius 2 is 1.74 bits per heavy atom. The SMILES string of the molecule is CC(C)[C@H](NC(=O)C(=O)Nc1ccccc1F)c1ccccn1. The zero-order valence-corrected chi connectivity index (χ0v) is 12.9. The van der Waals surface area contributed by atoms with Gasteiger partial charge in [-0.3, -0.25) is 14.6 Å². The second-order valence-corrected chi connectivity index (χ2v) is 5.38. The van der Waals surface area contributed by atoms with Crippen LogP contribution < -0.4 is 10.6 Å². The van der Waals surface area contributed by atoms with Gasteiger partial charge in [0.05, 0.1) is 17.4 Å². The maximum Gasteiger partial charge on any atom is 0.313 e. The standard InChI is InChI=1S/C17H18FN3O2/c1-11(2)15(14-9-5-6-10-19-14)21-17(23)16(22)20-13-8-4-3-7-12(13)18/h3-11,15H,1-2H3,(H,20,22)(H,21,23)/t15-/m0/s1. The highest BCUT2D eigenvalue weighted by Gasteiger charge is 2.23. The molecule has 0 fully saturated rings. The van der Waals surface area contributed by atoms with Crippen LogP contribution in [0.4, 0.5) is 10.1 Å². The molecule has 2 amide bonds. The quantitative estimate of drug-likeness (QED) is 0.852. The zero-order valence-electron chi connectivity index (χ0n) is 12.9. The average molecular weight is 315 g/mol. The van der Waals surface area contributed by atoms with Crippen molar-refractivity contribution < 1.29 is 14.0 Å². The van der Waals surface area contributed by atoms with Gasteiger partial charge in [-0.05, 0) is 30.2 Å². The van der Waals surface area contributed by atoms with Crippen LogP contribution in [0.1, 0.15) is 25.6 Å². The smallest absolute Gasteiger partial charge is 0.313 e. The summed E-state index contributed by atoms with van der Waals surface area (Å²) in [4.78, 5) is 28.2. The van der Waals surface area contributed by atoms with Crippen LogP contribution in [0.25, 0.3) is 0 Å². The molecule has 0 aliphatic heterocycles. The summed E-state index contributed by atoms with van der Waals surface area (Å²) in [5, 5.41) is 4.90. The van der Waals surface area contributed by atoms with E-state index in [1.54, 1.807) is 24.4 Å². The molecule has 1 aromatic carbocycles. The van der Waals surface area contributed by atoms with E-state index in [-0.39, 0.29) is 11.6 Å². The second-order valence-electron chi connectivity index (χ2n) is 5.38. The molecule has 0 bridgehead atoms. The van der Waals surface area contributed by atoms with E-state index in [2.05, 4.69) is 15.6 Å². The number of para-hydroxylation sites is 1. The largest absolute Gasteiger partial charge is 0.339 e. The molecule has 2 aromatic rings. The zero-order chi connectivity index (χ0) is 16.8. The van der Waals surface area contributed by atoms with Crippen LogP contribution in [0.15, 0.2) is 48.7 Å². The van der Waals surface area contributed by atoms with Gasteiger partial charge in [0.15, 0.2) is 0 Å². The van der Waals surface area contributed by atoms with Crippen molar-refractivity contribution in [2.45, 2.75) is 19.9 Å². The Labute approximate surface area is 133 Å². The molecule has 0 saturated carbocycles. The summed E-state index contributed by atoms with van der Waals surface area (Å²) in [6.45, 7) is 3.82. The first kappa shape index (κ1) is 16.6. The molecule has 2 rings (SSSR count). The van der Waals surface area contributed by atoms with Crippen molar-refractivity contribution in [1.82, 2.24) is 10.3 Å². The second kappa shape index (κ2) is 7.49. The number of rotatable bonds is 4. The highest BCUT2D eigenvalue weighted by Crippen LogP contribution is 2.19. The van der Waals surface area contributed by atoms with Crippen molar-refractivity contribution in [2.24, 2.45) is 5.92 Å². The van der Waals surface area contributed by atoms with E-state index in [4.69, 9.17) is 0 Å². The average Bonchev–Trinajstić information content (AvgIpc) is 2.55. The first-order valence-electron chi connectivity index (χ1n) is 7.26. The molecule has 1 heterocycles. The summed E-state index contributed by atoms with van der Waals surface area (Å²) >= 11 is 0. The Bertz CT molecular complexity index is 689. The van der Waals surface area contributed by atoms with Gasteiger partial charge in [-0.1, -0.05) is 32.0 Å². The molecular weight excluding hydrogens is 297 g/mol. The molecule has 0 unspecified atom stereocenters. The summed E-state index contributed by atoms with van der Waals surface area (Å²) in [5.74, 6) is -2.32. The lowest BCUT2D eigenvalue weighted by Crippen LogP contribution is -2.40. The van der Waals surface area contributed by atoms with Crippen molar-refractivity contribution in [1.29, 1.82) is 0 Å². The summed E-state index contributed by atoms with van der Waals surface area (Å²) in [6.07, 6.45) is 1.62. The number of nitrogens with zero attached hydrogens (tertiary/aromatic N) is 1. The van der Waals surface area contributed by atoms with E-state index >= 15 is 0 Å². The summed E-state index contributed by atoms with van der Waals surface area (Å²) in [7, 11) is 0. The van der Waals surface area contributed by atoms with E-state index in [9.17, 15) is 14.0 Å². The molecule has 0 radical (unpaired) electrons. The molecule has 0 saturated heterocycles. The summed E-state index contributed by atoms with van der Waals surface area (Å²) in [6, 6.07) is 10.6. The highest BCUT2D eigenvalue weighted by atomic mass is 19.1. The molecule has 0 aliphatic carbocycles. The maximum atomic E-state index is 13.5. The number of pyridine rings is 1. The Morgan fingerprint density at radius 3 is 2.35 bits per heavy atom. The number of carbonyl (C=O) groups excluding carboxylic acids is 2. The number of carbonyl (C=O) groups is 2. The third-order valence-corrected chi connectivity index (χ3v) is 3.29. The van der Waals surface area contributed by atoms with Crippen molar-refractivity contribution in [3.05, 3.63) is 60.2 Å². The minimum atomic E-state index is -0.920. The Hall–Kier alpha value is -2.76. The number of hydrogen-bond donors (Lipinski definition) is 2. The van der Waals surface area contributed by atoms with Crippen molar-refractivity contribution in [2.75, 3.05) is 5.32 Å². The maximum absolute atomic E-state index is 13.5. The van der Waals surface area contributed by atoms with Gasteiger partial charge in [0.2, 0.25) is 0 Å². The fourth-order valence-electron chi connectivity index (χ4n) is 2.09. The van der Waals surface area contributed by atoms with Gasteiger partial charge in [-0.15, -0.1) is 0 Å².